The van der Waals surface area contributed by atoms with Gasteiger partial charge >= 0.3 is 0 Å². The number of halogens is 2. The lowest BCUT2D eigenvalue weighted by Gasteiger charge is -2.10. The maximum atomic E-state index is 13.3. The molecule has 0 fully saturated rings. The van der Waals surface area contributed by atoms with Crippen molar-refractivity contribution in [3.05, 3.63) is 70.6 Å². The van der Waals surface area contributed by atoms with Crippen molar-refractivity contribution < 1.29 is 4.39 Å². The summed E-state index contributed by atoms with van der Waals surface area (Å²) in [4.78, 5) is 9.51. The van der Waals surface area contributed by atoms with Gasteiger partial charge in [0.2, 0.25) is 5.28 Å². The second kappa shape index (κ2) is 7.02. The van der Waals surface area contributed by atoms with E-state index in [-0.39, 0.29) is 11.1 Å². The van der Waals surface area contributed by atoms with Crippen molar-refractivity contribution >= 4 is 44.7 Å². The molecule has 6 heteroatoms. The van der Waals surface area contributed by atoms with Crippen LogP contribution in [0.1, 0.15) is 12.5 Å². The van der Waals surface area contributed by atoms with Gasteiger partial charge in [-0.3, -0.25) is 0 Å². The zero-order valence-corrected chi connectivity index (χ0v) is 15.5. The van der Waals surface area contributed by atoms with Crippen LogP contribution in [0.2, 0.25) is 5.28 Å². The van der Waals surface area contributed by atoms with E-state index < -0.39 is 0 Å². The van der Waals surface area contributed by atoms with E-state index in [4.69, 9.17) is 11.6 Å². The molecule has 26 heavy (non-hydrogen) atoms. The van der Waals surface area contributed by atoms with Crippen molar-refractivity contribution in [1.29, 1.82) is 0 Å². The Balaban J connectivity index is 1.82. The molecular weight excluding hydrogens is 369 g/mol. The van der Waals surface area contributed by atoms with Gasteiger partial charge in [0.05, 0.1) is 5.39 Å². The summed E-state index contributed by atoms with van der Waals surface area (Å²) in [5, 5.41) is 6.41. The Labute approximate surface area is 159 Å². The van der Waals surface area contributed by atoms with Gasteiger partial charge in [-0.15, -0.1) is 11.3 Å². The SMILES string of the molecule is CCc1ccc(Nc2nc(Cl)nc3scc(-c4ccc(F)cc4)c23)cc1. The second-order valence-corrected chi connectivity index (χ2v) is 7.05. The van der Waals surface area contributed by atoms with E-state index in [1.54, 1.807) is 12.1 Å². The van der Waals surface area contributed by atoms with E-state index in [9.17, 15) is 4.39 Å². The van der Waals surface area contributed by atoms with E-state index in [0.29, 0.717) is 5.82 Å². The molecule has 3 nitrogen and oxygen atoms in total. The lowest BCUT2D eigenvalue weighted by Crippen LogP contribution is -1.97. The minimum absolute atomic E-state index is 0.192. The third kappa shape index (κ3) is 3.28. The summed E-state index contributed by atoms with van der Waals surface area (Å²) < 4.78 is 13.3. The number of thiophene rings is 1. The Hall–Kier alpha value is -2.50. The third-order valence-electron chi connectivity index (χ3n) is 4.19. The van der Waals surface area contributed by atoms with Gasteiger partial charge in [0.25, 0.3) is 0 Å². The minimum atomic E-state index is -0.262. The van der Waals surface area contributed by atoms with E-state index in [2.05, 4.69) is 34.3 Å². The number of nitrogens with zero attached hydrogens (tertiary/aromatic N) is 2. The summed E-state index contributed by atoms with van der Waals surface area (Å²) in [6, 6.07) is 14.6. The van der Waals surface area contributed by atoms with E-state index in [1.807, 2.05) is 17.5 Å². The third-order valence-corrected chi connectivity index (χ3v) is 5.23. The maximum Gasteiger partial charge on any atom is 0.225 e. The van der Waals surface area contributed by atoms with Gasteiger partial charge in [-0.05, 0) is 53.4 Å². The van der Waals surface area contributed by atoms with Crippen LogP contribution in [0.4, 0.5) is 15.9 Å². The highest BCUT2D eigenvalue weighted by molar-refractivity contribution is 7.17. The molecule has 0 atom stereocenters. The van der Waals surface area contributed by atoms with E-state index >= 15 is 0 Å². The van der Waals surface area contributed by atoms with E-state index in [1.165, 1.54) is 29.0 Å². The summed E-state index contributed by atoms with van der Waals surface area (Å²) in [6.07, 6.45) is 0.989. The van der Waals surface area contributed by atoms with Crippen molar-refractivity contribution in [2.75, 3.05) is 5.32 Å². The molecule has 0 amide bonds. The van der Waals surface area contributed by atoms with Gasteiger partial charge < -0.3 is 5.32 Å². The Morgan fingerprint density at radius 3 is 2.46 bits per heavy atom. The molecule has 0 aliphatic carbocycles. The highest BCUT2D eigenvalue weighted by Gasteiger charge is 2.15. The molecular formula is C20H15ClFN3S. The Morgan fingerprint density at radius 2 is 1.77 bits per heavy atom. The topological polar surface area (TPSA) is 37.8 Å². The summed E-state index contributed by atoms with van der Waals surface area (Å²) in [6.45, 7) is 2.12. The molecule has 2 heterocycles. The fourth-order valence-electron chi connectivity index (χ4n) is 2.81. The molecule has 1 N–H and O–H groups in total. The van der Waals surface area contributed by atoms with Crippen LogP contribution in [0.3, 0.4) is 0 Å². The van der Waals surface area contributed by atoms with Crippen molar-refractivity contribution in [2.24, 2.45) is 0 Å². The summed E-state index contributed by atoms with van der Waals surface area (Å²) in [5.74, 6) is 0.381. The van der Waals surface area contributed by atoms with Crippen LogP contribution in [-0.2, 0) is 6.42 Å². The van der Waals surface area contributed by atoms with Crippen LogP contribution in [0.5, 0.6) is 0 Å². The zero-order valence-electron chi connectivity index (χ0n) is 14.0. The number of fused-ring (bicyclic) bond motifs is 1. The second-order valence-electron chi connectivity index (χ2n) is 5.85. The molecule has 0 radical (unpaired) electrons. The summed E-state index contributed by atoms with van der Waals surface area (Å²) in [7, 11) is 0. The molecule has 0 unspecified atom stereocenters. The number of aromatic nitrogens is 2. The molecule has 4 aromatic rings. The largest absolute Gasteiger partial charge is 0.340 e. The molecule has 130 valence electrons. The molecule has 0 spiro atoms. The summed E-state index contributed by atoms with van der Waals surface area (Å²) in [5.41, 5.74) is 4.06. The first-order valence-corrected chi connectivity index (χ1v) is 9.46. The Bertz CT molecular complexity index is 1060. The van der Waals surface area contributed by atoms with Crippen molar-refractivity contribution in [2.45, 2.75) is 13.3 Å². The number of hydrogen-bond acceptors (Lipinski definition) is 4. The highest BCUT2D eigenvalue weighted by atomic mass is 35.5. The van der Waals surface area contributed by atoms with Crippen molar-refractivity contribution in [3.8, 4) is 11.1 Å². The van der Waals surface area contributed by atoms with Crippen LogP contribution in [-0.4, -0.2) is 9.97 Å². The smallest absolute Gasteiger partial charge is 0.225 e. The van der Waals surface area contributed by atoms with Crippen molar-refractivity contribution in [3.63, 3.8) is 0 Å². The fraction of sp³-hybridized carbons (Fsp3) is 0.100. The molecule has 0 bridgehead atoms. The first-order chi connectivity index (χ1) is 12.6. The molecule has 2 aromatic carbocycles. The number of benzene rings is 2. The fourth-order valence-corrected chi connectivity index (χ4v) is 3.97. The quantitative estimate of drug-likeness (QED) is 0.411. The predicted octanol–water partition coefficient (Wildman–Crippen LogP) is 6.46. The highest BCUT2D eigenvalue weighted by Crippen LogP contribution is 2.38. The predicted molar refractivity (Wildman–Crippen MR) is 107 cm³/mol. The molecule has 2 aromatic heterocycles. The van der Waals surface area contributed by atoms with Crippen LogP contribution in [0.25, 0.3) is 21.3 Å². The van der Waals surface area contributed by atoms with Crippen LogP contribution >= 0.6 is 22.9 Å². The normalized spacial score (nSPS) is 11.0. The van der Waals surface area contributed by atoms with Crippen molar-refractivity contribution in [1.82, 2.24) is 9.97 Å². The lowest BCUT2D eigenvalue weighted by molar-refractivity contribution is 0.628. The maximum absolute atomic E-state index is 13.3. The van der Waals surface area contributed by atoms with Gasteiger partial charge in [-0.1, -0.05) is 31.2 Å². The molecule has 4 rings (SSSR count). The first-order valence-electron chi connectivity index (χ1n) is 8.20. The lowest BCUT2D eigenvalue weighted by atomic mass is 10.1. The van der Waals surface area contributed by atoms with Gasteiger partial charge in [0, 0.05) is 16.6 Å². The van der Waals surface area contributed by atoms with Crippen LogP contribution < -0.4 is 5.32 Å². The van der Waals surface area contributed by atoms with Gasteiger partial charge in [-0.25, -0.2) is 9.37 Å². The molecule has 0 saturated heterocycles. The average molecular weight is 384 g/mol. The zero-order chi connectivity index (χ0) is 18.1. The summed E-state index contributed by atoms with van der Waals surface area (Å²) >= 11 is 7.60. The number of rotatable bonds is 4. The number of aryl methyl sites for hydroxylation is 1. The average Bonchev–Trinajstić information content (AvgIpc) is 3.07. The Morgan fingerprint density at radius 1 is 1.04 bits per heavy atom. The number of hydrogen-bond donors (Lipinski definition) is 1. The molecule has 0 aliphatic heterocycles. The minimum Gasteiger partial charge on any atom is -0.340 e. The van der Waals surface area contributed by atoms with Crippen LogP contribution in [0, 0.1) is 5.82 Å². The number of nitrogens with one attached hydrogen (secondary N) is 1. The number of anilines is 2. The standard InChI is InChI=1S/C20H15ClFN3S/c1-2-12-3-9-15(10-4-12)23-18-17-16(13-5-7-14(22)8-6-13)11-26-19(17)25-20(21)24-18/h3-11H,2H2,1H3,(H,23,24,25). The Kier molecular flexibility index (Phi) is 4.57. The molecule has 0 saturated carbocycles. The monoisotopic (exact) mass is 383 g/mol. The van der Waals surface area contributed by atoms with E-state index in [0.717, 1.165) is 33.5 Å². The van der Waals surface area contributed by atoms with Gasteiger partial charge in [0.1, 0.15) is 16.5 Å². The molecule has 0 aliphatic rings. The van der Waals surface area contributed by atoms with Gasteiger partial charge in [-0.2, -0.15) is 4.98 Å². The first kappa shape index (κ1) is 16.9. The van der Waals surface area contributed by atoms with Crippen LogP contribution in [0.15, 0.2) is 53.9 Å². The van der Waals surface area contributed by atoms with Gasteiger partial charge in [0.15, 0.2) is 0 Å².